The van der Waals surface area contributed by atoms with E-state index in [0.717, 1.165) is 0 Å². The highest BCUT2D eigenvalue weighted by atomic mass is 32.2. The second-order valence-corrected chi connectivity index (χ2v) is 6.84. The lowest BCUT2D eigenvalue weighted by Crippen LogP contribution is -2.75. The average molecular weight is 353 g/mol. The van der Waals surface area contributed by atoms with Gasteiger partial charge in [0.05, 0.1) is 0 Å². The van der Waals surface area contributed by atoms with E-state index in [9.17, 15) is 18.1 Å². The van der Waals surface area contributed by atoms with E-state index in [2.05, 4.69) is 15.3 Å². The second-order valence-electron chi connectivity index (χ2n) is 5.25. The van der Waals surface area contributed by atoms with Gasteiger partial charge < -0.3 is 16.2 Å². The Morgan fingerprint density at radius 1 is 1.12 bits per heavy atom. The molecule has 128 valence electrons. The number of fused-ring (bicyclic) bond motifs is 1. The molecule has 12 heteroatoms. The van der Waals surface area contributed by atoms with Crippen LogP contribution in [-0.2, 0) is 16.0 Å². The lowest BCUT2D eigenvalue weighted by molar-refractivity contribution is -0.0178. The number of nitrogens with two attached hydrogens (primary N) is 3. The summed E-state index contributed by atoms with van der Waals surface area (Å²) in [4.78, 5) is 8.13. The number of aliphatic hydroxyl groups is 1. The maximum absolute atomic E-state index is 11.4. The van der Waals surface area contributed by atoms with Crippen molar-refractivity contribution in [2.75, 3.05) is 11.1 Å². The highest BCUT2D eigenvalue weighted by molar-refractivity contribution is 7.87. The molecule has 0 saturated carbocycles. The molecule has 0 amide bonds. The average Bonchev–Trinajstić information content (AvgIpc) is 2.45. The van der Waals surface area contributed by atoms with Crippen molar-refractivity contribution in [2.24, 2.45) is 11.5 Å². The zero-order valence-corrected chi connectivity index (χ0v) is 12.9. The molecule has 1 aromatic carbocycles. The fraction of sp³-hybridized carbons (Fsp3) is 0.167. The van der Waals surface area contributed by atoms with E-state index in [1.54, 1.807) is 30.3 Å². The molecule has 0 aliphatic carbocycles. The van der Waals surface area contributed by atoms with Gasteiger partial charge in [0.2, 0.25) is 5.85 Å². The SMILES string of the molecule is Nc1nc2c(nc1-c1ccccc1)C(N)(O)NC(N)(S(=O)(=O)O)N2. The maximum atomic E-state index is 11.4. The lowest BCUT2D eigenvalue weighted by atomic mass is 10.1. The number of anilines is 2. The van der Waals surface area contributed by atoms with Gasteiger partial charge in [-0.15, -0.1) is 0 Å². The molecule has 1 aliphatic heterocycles. The highest BCUT2D eigenvalue weighted by Crippen LogP contribution is 2.33. The number of aromatic nitrogens is 2. The summed E-state index contributed by atoms with van der Waals surface area (Å²) in [6.45, 7) is 0. The molecule has 11 nitrogen and oxygen atoms in total. The minimum absolute atomic E-state index is 0.0529. The van der Waals surface area contributed by atoms with Crippen molar-refractivity contribution in [1.82, 2.24) is 15.3 Å². The molecule has 0 saturated heterocycles. The van der Waals surface area contributed by atoms with Crippen LogP contribution in [0.5, 0.6) is 0 Å². The Hall–Kier alpha value is -2.35. The van der Waals surface area contributed by atoms with E-state index in [-0.39, 0.29) is 23.0 Å². The minimum atomic E-state index is -4.91. The number of hydrogen-bond acceptors (Lipinski definition) is 10. The molecule has 24 heavy (non-hydrogen) atoms. The van der Waals surface area contributed by atoms with E-state index in [1.807, 2.05) is 5.32 Å². The normalized spacial score (nSPS) is 26.5. The molecule has 3 rings (SSSR count). The van der Waals surface area contributed by atoms with Crippen molar-refractivity contribution in [3.63, 3.8) is 0 Å². The third-order valence-corrected chi connectivity index (χ3v) is 4.44. The Bertz CT molecular complexity index is 903. The van der Waals surface area contributed by atoms with Gasteiger partial charge >= 0.3 is 10.1 Å². The van der Waals surface area contributed by atoms with E-state index < -0.39 is 21.1 Å². The van der Waals surface area contributed by atoms with Gasteiger partial charge in [0.25, 0.3) is 5.12 Å². The van der Waals surface area contributed by atoms with Crippen LogP contribution in [0.25, 0.3) is 11.3 Å². The summed E-state index contributed by atoms with van der Waals surface area (Å²) in [5.74, 6) is -2.83. The van der Waals surface area contributed by atoms with Gasteiger partial charge in [-0.1, -0.05) is 30.3 Å². The zero-order valence-electron chi connectivity index (χ0n) is 12.1. The molecule has 0 spiro atoms. The van der Waals surface area contributed by atoms with Gasteiger partial charge in [-0.25, -0.2) is 15.3 Å². The monoisotopic (exact) mass is 353 g/mol. The number of nitrogens with zero attached hydrogens (tertiary/aromatic N) is 2. The molecule has 1 aromatic heterocycles. The number of nitrogens with one attached hydrogen (secondary N) is 2. The summed E-state index contributed by atoms with van der Waals surface area (Å²) in [5, 5.41) is 11.9. The zero-order chi connectivity index (χ0) is 17.8. The molecular weight excluding hydrogens is 338 g/mol. The van der Waals surface area contributed by atoms with E-state index in [0.29, 0.717) is 5.56 Å². The molecular formula is C12H15N7O4S. The first-order valence-electron chi connectivity index (χ1n) is 6.61. The van der Waals surface area contributed by atoms with Gasteiger partial charge in [0, 0.05) is 5.56 Å². The van der Waals surface area contributed by atoms with Crippen molar-refractivity contribution in [2.45, 2.75) is 11.0 Å². The summed E-state index contributed by atoms with van der Waals surface area (Å²) >= 11 is 0. The summed E-state index contributed by atoms with van der Waals surface area (Å²) in [6.07, 6.45) is 0. The van der Waals surface area contributed by atoms with E-state index >= 15 is 0 Å². The van der Waals surface area contributed by atoms with E-state index in [1.165, 1.54) is 0 Å². The molecule has 2 atom stereocenters. The van der Waals surface area contributed by atoms with Crippen LogP contribution in [0.1, 0.15) is 5.69 Å². The molecule has 2 aromatic rings. The third-order valence-electron chi connectivity index (χ3n) is 3.42. The van der Waals surface area contributed by atoms with Crippen LogP contribution in [0.4, 0.5) is 11.6 Å². The van der Waals surface area contributed by atoms with Gasteiger partial charge in [0.15, 0.2) is 11.6 Å². The van der Waals surface area contributed by atoms with Crippen molar-refractivity contribution in [1.29, 1.82) is 0 Å². The molecule has 2 heterocycles. The fourth-order valence-corrected chi connectivity index (χ4v) is 2.80. The summed E-state index contributed by atoms with van der Waals surface area (Å²) in [6, 6.07) is 8.74. The topological polar surface area (TPSA) is 202 Å². The predicted octanol–water partition coefficient (Wildman–Crippen LogP) is -1.74. The van der Waals surface area contributed by atoms with Gasteiger partial charge in [0.1, 0.15) is 11.4 Å². The Morgan fingerprint density at radius 2 is 1.75 bits per heavy atom. The molecule has 2 unspecified atom stereocenters. The molecule has 0 bridgehead atoms. The number of hydrogen-bond donors (Lipinski definition) is 7. The number of benzene rings is 1. The smallest absolute Gasteiger partial charge is 0.318 e. The lowest BCUT2D eigenvalue weighted by Gasteiger charge is -2.40. The van der Waals surface area contributed by atoms with Crippen molar-refractivity contribution in [3.8, 4) is 11.3 Å². The van der Waals surface area contributed by atoms with Crippen LogP contribution in [0.15, 0.2) is 30.3 Å². The van der Waals surface area contributed by atoms with Crippen molar-refractivity contribution < 1.29 is 18.1 Å². The standard InChI is InChI=1S/C12H15N7O4S/c13-9-7(6-4-2-1-3-5-6)16-8-10(17-9)18-12(15,24(21,22)23)19-11(8,14)20/h1-5,19-20H,14-15H2,(H3,13,17,18)(H,21,22,23). The summed E-state index contributed by atoms with van der Waals surface area (Å²) in [5.41, 5.74) is 17.6. The quantitative estimate of drug-likeness (QED) is 0.238. The Balaban J connectivity index is 2.19. The van der Waals surface area contributed by atoms with Crippen molar-refractivity contribution in [3.05, 3.63) is 36.0 Å². The molecule has 0 radical (unpaired) electrons. The molecule has 1 aliphatic rings. The highest BCUT2D eigenvalue weighted by Gasteiger charge is 2.51. The second kappa shape index (κ2) is 5.07. The van der Waals surface area contributed by atoms with Crippen LogP contribution in [0.2, 0.25) is 0 Å². The first-order valence-corrected chi connectivity index (χ1v) is 8.05. The fourth-order valence-electron chi connectivity index (χ4n) is 2.29. The van der Waals surface area contributed by atoms with Crippen LogP contribution in [0, 0.1) is 0 Å². The predicted molar refractivity (Wildman–Crippen MR) is 85.2 cm³/mol. The summed E-state index contributed by atoms with van der Waals surface area (Å²) in [7, 11) is -4.91. The van der Waals surface area contributed by atoms with Gasteiger partial charge in [-0.2, -0.15) is 8.42 Å². The summed E-state index contributed by atoms with van der Waals surface area (Å²) < 4.78 is 32.1. The van der Waals surface area contributed by atoms with Crippen LogP contribution in [-0.4, -0.2) is 33.2 Å². The first kappa shape index (κ1) is 16.5. The number of rotatable bonds is 2. The number of nitrogen functional groups attached to an aromatic ring is 1. The largest absolute Gasteiger partial charge is 0.382 e. The van der Waals surface area contributed by atoms with Gasteiger partial charge in [-0.3, -0.25) is 16.0 Å². The van der Waals surface area contributed by atoms with Crippen LogP contribution in [0.3, 0.4) is 0 Å². The Kier molecular flexibility index (Phi) is 3.49. The third kappa shape index (κ3) is 2.56. The molecule has 10 N–H and O–H groups in total. The Morgan fingerprint density at radius 3 is 2.33 bits per heavy atom. The minimum Gasteiger partial charge on any atom is -0.382 e. The first-order chi connectivity index (χ1) is 11.0. The van der Waals surface area contributed by atoms with E-state index in [4.69, 9.17) is 17.2 Å². The maximum Gasteiger partial charge on any atom is 0.318 e. The van der Waals surface area contributed by atoms with Gasteiger partial charge in [-0.05, 0) is 0 Å². The Labute approximate surface area is 136 Å². The van der Waals surface area contributed by atoms with Crippen molar-refractivity contribution >= 4 is 21.8 Å². The molecule has 0 fully saturated rings. The van der Waals surface area contributed by atoms with Crippen LogP contribution < -0.4 is 27.8 Å². The van der Waals surface area contributed by atoms with Crippen LogP contribution >= 0.6 is 0 Å².